The van der Waals surface area contributed by atoms with Crippen molar-refractivity contribution in [2.24, 2.45) is 11.8 Å². The number of imide groups is 1. The molecule has 0 unspecified atom stereocenters. The first-order chi connectivity index (χ1) is 13.4. The van der Waals surface area contributed by atoms with Crippen molar-refractivity contribution in [1.82, 2.24) is 0 Å². The molecular formula is C21H16Br2ClNO3. The lowest BCUT2D eigenvalue weighted by molar-refractivity contribution is -0.122. The van der Waals surface area contributed by atoms with Crippen LogP contribution in [0.2, 0.25) is 5.02 Å². The fraction of sp³-hybridized carbons (Fsp3) is 0.286. The number of ketones is 1. The molecule has 0 spiro atoms. The second-order valence-corrected chi connectivity index (χ2v) is 9.87. The number of benzene rings is 2. The highest BCUT2D eigenvalue weighted by Crippen LogP contribution is 2.45. The Morgan fingerprint density at radius 3 is 2.07 bits per heavy atom. The predicted octanol–water partition coefficient (Wildman–Crippen LogP) is 5.00. The normalized spacial score (nSPS) is 27.0. The molecule has 2 amide bonds. The van der Waals surface area contributed by atoms with Gasteiger partial charge in [-0.3, -0.25) is 14.4 Å². The first-order valence-corrected chi connectivity index (χ1v) is 11.1. The van der Waals surface area contributed by atoms with E-state index in [9.17, 15) is 14.4 Å². The molecule has 28 heavy (non-hydrogen) atoms. The minimum atomic E-state index is -0.374. The Labute approximate surface area is 184 Å². The minimum Gasteiger partial charge on any atom is -0.289 e. The number of rotatable bonds is 3. The van der Waals surface area contributed by atoms with Gasteiger partial charge in [-0.15, -0.1) is 0 Å². The first-order valence-electron chi connectivity index (χ1n) is 8.93. The standard InChI is InChI=1S/C21H16Br2ClNO3/c22-16-9-13-14(10-17(16)23)21(28)25(20(13)27)18-7-6-12(24)8-15(18)19(26)11-4-2-1-3-5-11/h1-8,13-14,16-17H,9-10H2/t13-,14+,16-,17-/m0/s1. The summed E-state index contributed by atoms with van der Waals surface area (Å²) in [6.07, 6.45) is 1.16. The highest BCUT2D eigenvalue weighted by Gasteiger charge is 2.52. The molecule has 1 aliphatic heterocycles. The molecule has 144 valence electrons. The van der Waals surface area contributed by atoms with Gasteiger partial charge in [0.05, 0.1) is 17.5 Å². The van der Waals surface area contributed by atoms with Crippen molar-refractivity contribution in [1.29, 1.82) is 0 Å². The highest BCUT2D eigenvalue weighted by atomic mass is 79.9. The lowest BCUT2D eigenvalue weighted by Gasteiger charge is -2.29. The SMILES string of the molecule is O=C(c1ccccc1)c1cc(Cl)ccc1N1C(=O)[C@H]2C[C@H](Br)[C@@H](Br)C[C@H]2C1=O. The van der Waals surface area contributed by atoms with E-state index in [2.05, 4.69) is 31.9 Å². The van der Waals surface area contributed by atoms with Gasteiger partial charge in [-0.1, -0.05) is 73.8 Å². The summed E-state index contributed by atoms with van der Waals surface area (Å²) in [6.45, 7) is 0. The quantitative estimate of drug-likeness (QED) is 0.322. The molecule has 2 aromatic rings. The molecule has 0 radical (unpaired) electrons. The van der Waals surface area contributed by atoms with Crippen molar-refractivity contribution in [2.45, 2.75) is 22.5 Å². The van der Waals surface area contributed by atoms with Crippen LogP contribution in [0.1, 0.15) is 28.8 Å². The number of nitrogens with zero attached hydrogens (tertiary/aromatic N) is 1. The molecule has 2 fully saturated rings. The Bertz CT molecular complexity index is 937. The van der Waals surface area contributed by atoms with Gasteiger partial charge in [0.25, 0.3) is 0 Å². The number of alkyl halides is 2. The van der Waals surface area contributed by atoms with Gasteiger partial charge in [-0.25, -0.2) is 4.90 Å². The Kier molecular flexibility index (Phi) is 5.47. The molecule has 4 atom stereocenters. The number of carbonyl (C=O) groups is 3. The number of anilines is 1. The average molecular weight is 526 g/mol. The Balaban J connectivity index is 1.77. The van der Waals surface area contributed by atoms with Crippen molar-refractivity contribution in [3.8, 4) is 0 Å². The lowest BCUT2D eigenvalue weighted by atomic mass is 9.81. The Hall–Kier alpha value is -1.50. The van der Waals surface area contributed by atoms with Crippen LogP contribution in [-0.4, -0.2) is 27.3 Å². The maximum absolute atomic E-state index is 13.1. The summed E-state index contributed by atoms with van der Waals surface area (Å²) in [5.41, 5.74) is 1.04. The second-order valence-electron chi connectivity index (χ2n) is 7.08. The van der Waals surface area contributed by atoms with Crippen LogP contribution >= 0.6 is 43.5 Å². The molecule has 2 aliphatic rings. The fourth-order valence-corrected chi connectivity index (χ4v) is 5.37. The third kappa shape index (κ3) is 3.36. The molecule has 1 saturated carbocycles. The van der Waals surface area contributed by atoms with E-state index in [1.807, 2.05) is 6.07 Å². The van der Waals surface area contributed by atoms with Crippen LogP contribution in [0, 0.1) is 11.8 Å². The molecule has 0 bridgehead atoms. The molecule has 1 aliphatic carbocycles. The number of fused-ring (bicyclic) bond motifs is 1. The van der Waals surface area contributed by atoms with E-state index >= 15 is 0 Å². The third-order valence-electron chi connectivity index (χ3n) is 5.39. The summed E-state index contributed by atoms with van der Waals surface area (Å²) in [6, 6.07) is 13.5. The number of halogens is 3. The number of hydrogen-bond acceptors (Lipinski definition) is 3. The van der Waals surface area contributed by atoms with Gasteiger partial charge in [0.2, 0.25) is 11.8 Å². The lowest BCUT2D eigenvalue weighted by Crippen LogP contribution is -2.34. The Morgan fingerprint density at radius 2 is 1.50 bits per heavy atom. The van der Waals surface area contributed by atoms with Crippen LogP contribution in [0.15, 0.2) is 48.5 Å². The van der Waals surface area contributed by atoms with E-state index in [-0.39, 0.29) is 44.7 Å². The monoisotopic (exact) mass is 523 g/mol. The minimum absolute atomic E-state index is 0.126. The predicted molar refractivity (Wildman–Crippen MR) is 115 cm³/mol. The van der Waals surface area contributed by atoms with Gasteiger partial charge in [0, 0.05) is 25.8 Å². The zero-order valence-electron chi connectivity index (χ0n) is 14.6. The van der Waals surface area contributed by atoms with Crippen molar-refractivity contribution in [3.63, 3.8) is 0 Å². The van der Waals surface area contributed by atoms with E-state index < -0.39 is 0 Å². The van der Waals surface area contributed by atoms with Crippen LogP contribution in [0.3, 0.4) is 0 Å². The van der Waals surface area contributed by atoms with Crippen molar-refractivity contribution >= 4 is 66.7 Å². The molecule has 0 aromatic heterocycles. The van der Waals surface area contributed by atoms with Crippen LogP contribution < -0.4 is 4.90 Å². The number of carbonyl (C=O) groups excluding carboxylic acids is 3. The van der Waals surface area contributed by atoms with E-state index in [1.54, 1.807) is 36.4 Å². The van der Waals surface area contributed by atoms with E-state index in [4.69, 9.17) is 11.6 Å². The highest BCUT2D eigenvalue weighted by molar-refractivity contribution is 9.12. The molecule has 1 heterocycles. The van der Waals surface area contributed by atoms with E-state index in [0.717, 1.165) is 0 Å². The summed E-state index contributed by atoms with van der Waals surface area (Å²) in [5.74, 6) is -1.51. The molecule has 7 heteroatoms. The second kappa shape index (κ2) is 7.73. The largest absolute Gasteiger partial charge is 0.289 e. The van der Waals surface area contributed by atoms with Crippen LogP contribution in [0.25, 0.3) is 0 Å². The first kappa shape index (κ1) is 19.8. The molecule has 0 N–H and O–H groups in total. The summed E-state index contributed by atoms with van der Waals surface area (Å²) >= 11 is 13.3. The molecular weight excluding hydrogens is 509 g/mol. The summed E-state index contributed by atoms with van der Waals surface area (Å²) < 4.78 is 0. The van der Waals surface area contributed by atoms with Crippen LogP contribution in [0.4, 0.5) is 5.69 Å². The average Bonchev–Trinajstić information content (AvgIpc) is 2.92. The van der Waals surface area contributed by atoms with Crippen molar-refractivity contribution < 1.29 is 14.4 Å². The molecule has 1 saturated heterocycles. The summed E-state index contributed by atoms with van der Waals surface area (Å²) in [4.78, 5) is 40.8. The van der Waals surface area contributed by atoms with Gasteiger partial charge in [0.1, 0.15) is 0 Å². The fourth-order valence-electron chi connectivity index (χ4n) is 3.96. The van der Waals surface area contributed by atoms with Gasteiger partial charge < -0.3 is 0 Å². The van der Waals surface area contributed by atoms with Crippen LogP contribution in [-0.2, 0) is 9.59 Å². The van der Waals surface area contributed by atoms with Crippen LogP contribution in [0.5, 0.6) is 0 Å². The Morgan fingerprint density at radius 1 is 0.929 bits per heavy atom. The molecule has 4 nitrogen and oxygen atoms in total. The number of hydrogen-bond donors (Lipinski definition) is 0. The topological polar surface area (TPSA) is 54.5 Å². The molecule has 2 aromatic carbocycles. The number of amides is 2. The summed E-state index contributed by atoms with van der Waals surface area (Å²) in [7, 11) is 0. The van der Waals surface area contributed by atoms with Crippen molar-refractivity contribution in [2.75, 3.05) is 4.90 Å². The maximum atomic E-state index is 13.1. The smallest absolute Gasteiger partial charge is 0.237 e. The maximum Gasteiger partial charge on any atom is 0.237 e. The van der Waals surface area contributed by atoms with Gasteiger partial charge in [-0.05, 0) is 31.0 Å². The van der Waals surface area contributed by atoms with Gasteiger partial charge in [0.15, 0.2) is 5.78 Å². The van der Waals surface area contributed by atoms with E-state index in [1.165, 1.54) is 11.0 Å². The van der Waals surface area contributed by atoms with Gasteiger partial charge in [-0.2, -0.15) is 0 Å². The molecule has 4 rings (SSSR count). The summed E-state index contributed by atoms with van der Waals surface area (Å²) in [5, 5.41) is 0.376. The van der Waals surface area contributed by atoms with Crippen molar-refractivity contribution in [3.05, 3.63) is 64.7 Å². The zero-order chi connectivity index (χ0) is 20.0. The zero-order valence-corrected chi connectivity index (χ0v) is 18.6. The van der Waals surface area contributed by atoms with Gasteiger partial charge >= 0.3 is 0 Å². The van der Waals surface area contributed by atoms with E-state index in [0.29, 0.717) is 29.1 Å². The third-order valence-corrected chi connectivity index (χ3v) is 8.36.